The number of nitrogens with zero attached hydrogens (tertiary/aromatic N) is 1. The molecule has 0 amide bonds. The highest BCUT2D eigenvalue weighted by atomic mass is 15.1. The summed E-state index contributed by atoms with van der Waals surface area (Å²) in [7, 11) is 0. The normalized spacial score (nSPS) is 11.7. The lowest BCUT2D eigenvalue weighted by atomic mass is 10.1. The van der Waals surface area contributed by atoms with Crippen molar-refractivity contribution in [3.63, 3.8) is 0 Å². The van der Waals surface area contributed by atoms with Crippen LogP contribution in [0.25, 0.3) is 10.9 Å². The highest BCUT2D eigenvalue weighted by Crippen LogP contribution is 2.17. The predicted molar refractivity (Wildman–Crippen MR) is 68.5 cm³/mol. The molecule has 1 aromatic heterocycles. The van der Waals surface area contributed by atoms with Crippen LogP contribution in [0.1, 0.15) is 13.8 Å². The molecule has 0 unspecified atom stereocenters. The molecule has 3 N–H and O–H groups in total. The van der Waals surface area contributed by atoms with Crippen molar-refractivity contribution in [3.8, 4) is 0 Å². The van der Waals surface area contributed by atoms with Gasteiger partial charge in [0.15, 0.2) is 0 Å². The van der Waals surface area contributed by atoms with Crippen LogP contribution >= 0.6 is 0 Å². The van der Waals surface area contributed by atoms with E-state index in [2.05, 4.69) is 36.3 Å². The lowest BCUT2D eigenvalue weighted by molar-refractivity contribution is 0.578. The molecule has 0 saturated heterocycles. The summed E-state index contributed by atoms with van der Waals surface area (Å²) in [6.45, 7) is 4.69. The minimum Gasteiger partial charge on any atom is -0.364 e. The Morgan fingerprint density at radius 3 is 2.69 bits per heavy atom. The van der Waals surface area contributed by atoms with Crippen LogP contribution in [-0.4, -0.2) is 17.1 Å². The molecule has 0 aliphatic carbocycles. The van der Waals surface area contributed by atoms with Crippen molar-refractivity contribution < 1.29 is 0 Å². The van der Waals surface area contributed by atoms with Crippen LogP contribution in [0.15, 0.2) is 36.4 Å². The quantitative estimate of drug-likeness (QED) is 0.826. The first-order valence-electron chi connectivity index (χ1n) is 5.45. The molecule has 16 heavy (non-hydrogen) atoms. The molecule has 0 atom stereocenters. The Balaban J connectivity index is 2.33. The van der Waals surface area contributed by atoms with E-state index >= 15 is 0 Å². The van der Waals surface area contributed by atoms with Gasteiger partial charge < -0.3 is 11.1 Å². The number of benzene rings is 1. The molecule has 1 aromatic carbocycles. The number of rotatable bonds is 3. The Labute approximate surface area is 95.7 Å². The SMILES string of the molecule is CC(C)(CN)Nc1ccc2ccccc2n1. The van der Waals surface area contributed by atoms with Gasteiger partial charge in [0, 0.05) is 17.5 Å². The van der Waals surface area contributed by atoms with Gasteiger partial charge in [0.05, 0.1) is 5.52 Å². The number of hydrogen-bond acceptors (Lipinski definition) is 3. The van der Waals surface area contributed by atoms with E-state index < -0.39 is 0 Å². The molecule has 0 spiro atoms. The van der Waals surface area contributed by atoms with Crippen molar-refractivity contribution in [2.24, 2.45) is 5.73 Å². The zero-order valence-corrected chi connectivity index (χ0v) is 9.70. The lowest BCUT2D eigenvalue weighted by Crippen LogP contribution is -2.39. The first-order valence-corrected chi connectivity index (χ1v) is 5.45. The first kappa shape index (κ1) is 10.9. The largest absolute Gasteiger partial charge is 0.364 e. The Kier molecular flexibility index (Phi) is 2.79. The summed E-state index contributed by atoms with van der Waals surface area (Å²) in [5, 5.41) is 4.48. The maximum atomic E-state index is 5.68. The summed E-state index contributed by atoms with van der Waals surface area (Å²) in [6, 6.07) is 12.1. The summed E-state index contributed by atoms with van der Waals surface area (Å²) in [6.07, 6.45) is 0. The molecule has 0 saturated carbocycles. The minimum atomic E-state index is -0.130. The van der Waals surface area contributed by atoms with Crippen LogP contribution in [0.5, 0.6) is 0 Å². The molecular weight excluding hydrogens is 198 g/mol. The maximum absolute atomic E-state index is 5.68. The van der Waals surface area contributed by atoms with Crippen LogP contribution in [0.3, 0.4) is 0 Å². The van der Waals surface area contributed by atoms with Gasteiger partial charge in [0.1, 0.15) is 5.82 Å². The third-order valence-electron chi connectivity index (χ3n) is 2.58. The number of nitrogens with two attached hydrogens (primary N) is 1. The molecule has 3 nitrogen and oxygen atoms in total. The summed E-state index contributed by atoms with van der Waals surface area (Å²) < 4.78 is 0. The Morgan fingerprint density at radius 2 is 1.94 bits per heavy atom. The lowest BCUT2D eigenvalue weighted by Gasteiger charge is -2.24. The van der Waals surface area contributed by atoms with E-state index in [1.807, 2.05) is 24.3 Å². The summed E-state index contributed by atoms with van der Waals surface area (Å²) >= 11 is 0. The van der Waals surface area contributed by atoms with Gasteiger partial charge >= 0.3 is 0 Å². The summed E-state index contributed by atoms with van der Waals surface area (Å²) in [4.78, 5) is 4.54. The number of hydrogen-bond donors (Lipinski definition) is 2. The number of fused-ring (bicyclic) bond motifs is 1. The molecule has 0 radical (unpaired) electrons. The smallest absolute Gasteiger partial charge is 0.127 e. The van der Waals surface area contributed by atoms with Crippen molar-refractivity contribution in [1.29, 1.82) is 0 Å². The van der Waals surface area contributed by atoms with Crippen LogP contribution in [0, 0.1) is 0 Å². The Hall–Kier alpha value is -1.61. The zero-order valence-electron chi connectivity index (χ0n) is 9.70. The summed E-state index contributed by atoms with van der Waals surface area (Å²) in [5.74, 6) is 0.870. The molecule has 2 aromatic rings. The third kappa shape index (κ3) is 2.31. The molecule has 0 bridgehead atoms. The molecule has 0 fully saturated rings. The number of aromatic nitrogens is 1. The Morgan fingerprint density at radius 1 is 1.19 bits per heavy atom. The van der Waals surface area contributed by atoms with Crippen LogP contribution in [-0.2, 0) is 0 Å². The molecule has 0 aliphatic rings. The summed E-state index contributed by atoms with van der Waals surface area (Å²) in [5.41, 5.74) is 6.55. The first-order chi connectivity index (χ1) is 7.61. The Bertz CT molecular complexity index is 491. The van der Waals surface area contributed by atoms with E-state index in [0.29, 0.717) is 6.54 Å². The van der Waals surface area contributed by atoms with E-state index in [1.54, 1.807) is 0 Å². The van der Waals surface area contributed by atoms with Gasteiger partial charge in [-0.2, -0.15) is 0 Å². The molecular formula is C13H17N3. The van der Waals surface area contributed by atoms with Crippen molar-refractivity contribution >= 4 is 16.7 Å². The van der Waals surface area contributed by atoms with Gasteiger partial charge in [-0.05, 0) is 32.0 Å². The van der Waals surface area contributed by atoms with E-state index in [0.717, 1.165) is 16.7 Å². The number of pyridine rings is 1. The fourth-order valence-electron chi connectivity index (χ4n) is 1.53. The fourth-order valence-corrected chi connectivity index (χ4v) is 1.53. The van der Waals surface area contributed by atoms with Gasteiger partial charge in [-0.1, -0.05) is 18.2 Å². The van der Waals surface area contributed by atoms with Crippen LogP contribution in [0.4, 0.5) is 5.82 Å². The highest BCUT2D eigenvalue weighted by molar-refractivity contribution is 5.80. The molecule has 0 aliphatic heterocycles. The standard InChI is InChI=1S/C13H17N3/c1-13(2,9-14)16-12-8-7-10-5-3-4-6-11(10)15-12/h3-8H,9,14H2,1-2H3,(H,15,16). The second kappa shape index (κ2) is 4.10. The second-order valence-electron chi connectivity index (χ2n) is 4.60. The van der Waals surface area contributed by atoms with E-state index in [9.17, 15) is 0 Å². The van der Waals surface area contributed by atoms with Crippen molar-refractivity contribution in [2.75, 3.05) is 11.9 Å². The van der Waals surface area contributed by atoms with E-state index in [1.165, 1.54) is 0 Å². The number of nitrogens with one attached hydrogen (secondary N) is 1. The van der Waals surface area contributed by atoms with Crippen LogP contribution < -0.4 is 11.1 Å². The van der Waals surface area contributed by atoms with E-state index in [4.69, 9.17) is 5.73 Å². The monoisotopic (exact) mass is 215 g/mol. The second-order valence-corrected chi connectivity index (χ2v) is 4.60. The topological polar surface area (TPSA) is 50.9 Å². The average Bonchev–Trinajstić information content (AvgIpc) is 2.28. The third-order valence-corrected chi connectivity index (χ3v) is 2.58. The molecule has 3 heteroatoms. The molecule has 84 valence electrons. The van der Waals surface area contributed by atoms with Gasteiger partial charge in [0.2, 0.25) is 0 Å². The van der Waals surface area contributed by atoms with Crippen molar-refractivity contribution in [2.45, 2.75) is 19.4 Å². The average molecular weight is 215 g/mol. The highest BCUT2D eigenvalue weighted by Gasteiger charge is 2.15. The van der Waals surface area contributed by atoms with Gasteiger partial charge in [0.25, 0.3) is 0 Å². The van der Waals surface area contributed by atoms with E-state index in [-0.39, 0.29) is 5.54 Å². The number of para-hydroxylation sites is 1. The molecule has 1 heterocycles. The van der Waals surface area contributed by atoms with Gasteiger partial charge in [-0.15, -0.1) is 0 Å². The van der Waals surface area contributed by atoms with Gasteiger partial charge in [-0.3, -0.25) is 0 Å². The van der Waals surface area contributed by atoms with Crippen LogP contribution in [0.2, 0.25) is 0 Å². The van der Waals surface area contributed by atoms with Crippen molar-refractivity contribution in [3.05, 3.63) is 36.4 Å². The predicted octanol–water partition coefficient (Wildman–Crippen LogP) is 2.38. The number of anilines is 1. The minimum absolute atomic E-state index is 0.130. The fraction of sp³-hybridized carbons (Fsp3) is 0.308. The van der Waals surface area contributed by atoms with Crippen molar-refractivity contribution in [1.82, 2.24) is 4.98 Å². The maximum Gasteiger partial charge on any atom is 0.127 e. The van der Waals surface area contributed by atoms with Gasteiger partial charge in [-0.25, -0.2) is 4.98 Å². The zero-order chi connectivity index (χ0) is 11.6. The molecule has 2 rings (SSSR count).